The Balaban J connectivity index is 1.91. The van der Waals surface area contributed by atoms with Gasteiger partial charge in [0.2, 0.25) is 0 Å². The molecule has 1 unspecified atom stereocenters. The van der Waals surface area contributed by atoms with Crippen LogP contribution in [0.2, 0.25) is 0 Å². The number of fused-ring (bicyclic) bond motifs is 1. The lowest BCUT2D eigenvalue weighted by Gasteiger charge is -2.15. The van der Waals surface area contributed by atoms with Gasteiger partial charge >= 0.3 is 0 Å². The number of aromatic amines is 1. The zero-order valence-electron chi connectivity index (χ0n) is 11.2. The van der Waals surface area contributed by atoms with Gasteiger partial charge in [0, 0.05) is 17.1 Å². The molecule has 2 heterocycles. The van der Waals surface area contributed by atoms with E-state index in [9.17, 15) is 9.18 Å². The minimum atomic E-state index is -0.475. The summed E-state index contributed by atoms with van der Waals surface area (Å²) in [4.78, 5) is 14.6. The summed E-state index contributed by atoms with van der Waals surface area (Å²) in [5.74, 6) is 0.124. The fraction of sp³-hybridized carbons (Fsp3) is 0.133. The van der Waals surface area contributed by atoms with E-state index in [2.05, 4.69) is 15.2 Å². The number of H-pyrrole nitrogens is 1. The summed E-state index contributed by atoms with van der Waals surface area (Å²) in [5.41, 5.74) is 1.48. The zero-order valence-corrected chi connectivity index (χ0v) is 11.2. The number of carbonyl (C=O) groups excluding carboxylic acids is 1. The highest BCUT2D eigenvalue weighted by atomic mass is 19.1. The van der Waals surface area contributed by atoms with Gasteiger partial charge in [0.15, 0.2) is 6.29 Å². The molecule has 0 saturated heterocycles. The highest BCUT2D eigenvalue weighted by Crippen LogP contribution is 2.26. The third-order valence-corrected chi connectivity index (χ3v) is 3.23. The minimum absolute atomic E-state index is 0.318. The van der Waals surface area contributed by atoms with Crippen LogP contribution in [-0.2, 0) is 0 Å². The van der Waals surface area contributed by atoms with Crippen molar-refractivity contribution >= 4 is 17.2 Å². The van der Waals surface area contributed by atoms with E-state index in [4.69, 9.17) is 4.74 Å². The fourth-order valence-electron chi connectivity index (χ4n) is 2.16. The number of hydrogen-bond acceptors (Lipinski definition) is 4. The van der Waals surface area contributed by atoms with Gasteiger partial charge in [-0.2, -0.15) is 5.10 Å². The first kappa shape index (κ1) is 13.2. The molecular weight excluding hydrogens is 273 g/mol. The molecule has 0 aliphatic rings. The van der Waals surface area contributed by atoms with Gasteiger partial charge in [0.1, 0.15) is 23.4 Å². The molecule has 0 amide bonds. The molecule has 0 aliphatic heterocycles. The van der Waals surface area contributed by atoms with Crippen LogP contribution in [0.4, 0.5) is 4.39 Å². The molecule has 1 N–H and O–H groups in total. The first-order valence-electron chi connectivity index (χ1n) is 6.38. The van der Waals surface area contributed by atoms with Crippen LogP contribution < -0.4 is 4.74 Å². The smallest absolute Gasteiger partial charge is 0.170 e. The number of benzene rings is 1. The van der Waals surface area contributed by atoms with Crippen molar-refractivity contribution in [1.82, 2.24) is 15.2 Å². The van der Waals surface area contributed by atoms with Gasteiger partial charge < -0.3 is 4.74 Å². The molecule has 0 bridgehead atoms. The van der Waals surface area contributed by atoms with Crippen molar-refractivity contribution in [2.24, 2.45) is 0 Å². The molecule has 6 heteroatoms. The number of nitrogens with one attached hydrogen (secondary N) is 1. The van der Waals surface area contributed by atoms with E-state index in [-0.39, 0.29) is 0 Å². The van der Waals surface area contributed by atoms with E-state index in [1.165, 1.54) is 6.20 Å². The van der Waals surface area contributed by atoms with Crippen LogP contribution in [0, 0.1) is 5.82 Å². The van der Waals surface area contributed by atoms with Crippen LogP contribution >= 0.6 is 0 Å². The normalized spacial score (nSPS) is 12.3. The Hall–Kier alpha value is -2.76. The molecule has 0 spiro atoms. The minimum Gasteiger partial charge on any atom is -0.486 e. The van der Waals surface area contributed by atoms with E-state index < -0.39 is 11.9 Å². The maximum atomic E-state index is 13.7. The third-order valence-electron chi connectivity index (χ3n) is 3.23. The second kappa shape index (κ2) is 5.32. The molecule has 0 fully saturated rings. The van der Waals surface area contributed by atoms with Crippen molar-refractivity contribution in [3.8, 4) is 5.75 Å². The van der Waals surface area contributed by atoms with Crippen molar-refractivity contribution in [2.45, 2.75) is 13.0 Å². The second-order valence-electron chi connectivity index (χ2n) is 4.59. The number of aldehydes is 1. The first-order valence-corrected chi connectivity index (χ1v) is 6.38. The number of nitrogens with zero attached hydrogens (tertiary/aromatic N) is 2. The molecule has 5 nitrogen and oxygen atoms in total. The van der Waals surface area contributed by atoms with Crippen molar-refractivity contribution in [1.29, 1.82) is 0 Å². The van der Waals surface area contributed by atoms with Crippen LogP contribution in [0.5, 0.6) is 5.75 Å². The van der Waals surface area contributed by atoms with Gasteiger partial charge in [-0.1, -0.05) is 0 Å². The van der Waals surface area contributed by atoms with E-state index in [1.54, 1.807) is 31.2 Å². The lowest BCUT2D eigenvalue weighted by atomic mass is 10.1. The topological polar surface area (TPSA) is 67.9 Å². The van der Waals surface area contributed by atoms with Gasteiger partial charge in [-0.15, -0.1) is 0 Å². The Bertz CT molecular complexity index is 800. The maximum Gasteiger partial charge on any atom is 0.170 e. The molecule has 1 aromatic carbocycles. The van der Waals surface area contributed by atoms with E-state index in [1.807, 2.05) is 0 Å². The summed E-state index contributed by atoms with van der Waals surface area (Å²) in [7, 11) is 0. The SMILES string of the molecule is CC(Oc1ccc2[nH]nc(C=O)c2c1)c1ccncc1F. The Labute approximate surface area is 119 Å². The first-order chi connectivity index (χ1) is 10.2. The summed E-state index contributed by atoms with van der Waals surface area (Å²) < 4.78 is 19.4. The van der Waals surface area contributed by atoms with Gasteiger partial charge in [-0.25, -0.2) is 4.39 Å². The Morgan fingerprint density at radius 3 is 3.00 bits per heavy atom. The van der Waals surface area contributed by atoms with Crippen molar-refractivity contribution in [2.75, 3.05) is 0 Å². The quantitative estimate of drug-likeness (QED) is 0.748. The van der Waals surface area contributed by atoms with E-state index in [0.29, 0.717) is 28.7 Å². The summed E-state index contributed by atoms with van der Waals surface area (Å²) in [6.07, 6.45) is 2.87. The Morgan fingerprint density at radius 1 is 1.38 bits per heavy atom. The average Bonchev–Trinajstić information content (AvgIpc) is 2.90. The van der Waals surface area contributed by atoms with Crippen LogP contribution in [0.1, 0.15) is 29.1 Å². The molecule has 106 valence electrons. The second-order valence-corrected chi connectivity index (χ2v) is 4.59. The summed E-state index contributed by atoms with van der Waals surface area (Å²) >= 11 is 0. The van der Waals surface area contributed by atoms with E-state index in [0.717, 1.165) is 11.7 Å². The Morgan fingerprint density at radius 2 is 2.24 bits per heavy atom. The molecule has 1 atom stereocenters. The van der Waals surface area contributed by atoms with Crippen LogP contribution in [-0.4, -0.2) is 21.5 Å². The third kappa shape index (κ3) is 2.47. The molecule has 0 saturated carbocycles. The van der Waals surface area contributed by atoms with Gasteiger partial charge in [-0.3, -0.25) is 14.9 Å². The lowest BCUT2D eigenvalue weighted by Crippen LogP contribution is -2.05. The lowest BCUT2D eigenvalue weighted by molar-refractivity contribution is 0.112. The predicted octanol–water partition coefficient (Wildman–Crippen LogP) is 3.05. The molecule has 2 aromatic heterocycles. The zero-order chi connectivity index (χ0) is 14.8. The van der Waals surface area contributed by atoms with Gasteiger partial charge in [-0.05, 0) is 31.2 Å². The summed E-state index contributed by atoms with van der Waals surface area (Å²) in [5, 5.41) is 7.32. The van der Waals surface area contributed by atoms with E-state index >= 15 is 0 Å². The monoisotopic (exact) mass is 285 g/mol. The maximum absolute atomic E-state index is 13.7. The molecular formula is C15H12FN3O2. The highest BCUT2D eigenvalue weighted by Gasteiger charge is 2.13. The number of halogens is 1. The molecule has 0 aliphatic carbocycles. The highest BCUT2D eigenvalue weighted by molar-refractivity contribution is 5.95. The summed E-state index contributed by atoms with van der Waals surface area (Å²) in [6.45, 7) is 1.75. The standard InChI is InChI=1S/C15H12FN3O2/c1-9(11-4-5-17-7-13(11)16)21-10-2-3-14-12(6-10)15(8-20)19-18-14/h2-9H,1H3,(H,18,19). The molecule has 3 aromatic rings. The van der Waals surface area contributed by atoms with Crippen molar-refractivity contribution < 1.29 is 13.9 Å². The van der Waals surface area contributed by atoms with Crippen molar-refractivity contribution in [3.05, 3.63) is 53.7 Å². The largest absolute Gasteiger partial charge is 0.486 e. The predicted molar refractivity (Wildman–Crippen MR) is 74.7 cm³/mol. The summed E-state index contributed by atoms with van der Waals surface area (Å²) in [6, 6.07) is 6.79. The Kier molecular flexibility index (Phi) is 3.35. The molecule has 3 rings (SSSR count). The molecule has 21 heavy (non-hydrogen) atoms. The number of carbonyl (C=O) groups is 1. The average molecular weight is 285 g/mol. The number of aromatic nitrogens is 3. The van der Waals surface area contributed by atoms with Crippen molar-refractivity contribution in [3.63, 3.8) is 0 Å². The number of ether oxygens (including phenoxy) is 1. The van der Waals surface area contributed by atoms with Gasteiger partial charge in [0.05, 0.1) is 11.7 Å². The number of hydrogen-bond donors (Lipinski definition) is 1. The number of rotatable bonds is 4. The van der Waals surface area contributed by atoms with Gasteiger partial charge in [0.25, 0.3) is 0 Å². The van der Waals surface area contributed by atoms with Crippen LogP contribution in [0.25, 0.3) is 10.9 Å². The van der Waals surface area contributed by atoms with Crippen LogP contribution in [0.3, 0.4) is 0 Å². The fourth-order valence-corrected chi connectivity index (χ4v) is 2.16. The molecule has 0 radical (unpaired) electrons. The van der Waals surface area contributed by atoms with Crippen LogP contribution in [0.15, 0.2) is 36.7 Å². The number of pyridine rings is 1.